The summed E-state index contributed by atoms with van der Waals surface area (Å²) in [6.07, 6.45) is 0.765. The van der Waals surface area contributed by atoms with Crippen LogP contribution in [0.2, 0.25) is 0 Å². The number of ether oxygens (including phenoxy) is 2. The van der Waals surface area contributed by atoms with Gasteiger partial charge < -0.3 is 9.47 Å². The van der Waals surface area contributed by atoms with Gasteiger partial charge in [0.05, 0.1) is 25.0 Å². The molecule has 0 bridgehead atoms. The number of hydrogen-bond acceptors (Lipinski definition) is 6. The topological polar surface area (TPSA) is 65.5 Å². The van der Waals surface area contributed by atoms with Crippen LogP contribution in [0.25, 0.3) is 10.6 Å². The van der Waals surface area contributed by atoms with E-state index in [0.29, 0.717) is 39.4 Å². The molecule has 0 saturated heterocycles. The third-order valence-electron chi connectivity index (χ3n) is 3.12. The lowest BCUT2D eigenvalue weighted by Gasteiger charge is -2.11. The van der Waals surface area contributed by atoms with Crippen LogP contribution in [0.3, 0.4) is 0 Å². The molecule has 122 valence electrons. The van der Waals surface area contributed by atoms with E-state index in [2.05, 4.69) is 4.98 Å². The molecule has 1 aromatic carbocycles. The summed E-state index contributed by atoms with van der Waals surface area (Å²) in [6, 6.07) is 5.32. The predicted octanol–water partition coefficient (Wildman–Crippen LogP) is 3.75. The van der Waals surface area contributed by atoms with Gasteiger partial charge in [-0.3, -0.25) is 4.79 Å². The summed E-state index contributed by atoms with van der Waals surface area (Å²) in [6.45, 7) is 6.39. The number of aromatic nitrogens is 1. The van der Waals surface area contributed by atoms with Gasteiger partial charge in [-0.1, -0.05) is 13.8 Å². The second-order valence-corrected chi connectivity index (χ2v) is 6.50. The van der Waals surface area contributed by atoms with Gasteiger partial charge in [-0.05, 0) is 31.0 Å². The van der Waals surface area contributed by atoms with Gasteiger partial charge in [-0.25, -0.2) is 9.78 Å². The van der Waals surface area contributed by atoms with Crippen molar-refractivity contribution >= 4 is 23.6 Å². The summed E-state index contributed by atoms with van der Waals surface area (Å²) < 4.78 is 10.4. The molecule has 0 aliphatic carbocycles. The van der Waals surface area contributed by atoms with E-state index < -0.39 is 5.97 Å². The van der Waals surface area contributed by atoms with E-state index in [1.165, 1.54) is 18.4 Å². The van der Waals surface area contributed by atoms with Crippen molar-refractivity contribution in [3.8, 4) is 16.3 Å². The summed E-state index contributed by atoms with van der Waals surface area (Å²) in [5, 5.41) is 0.668. The molecular formula is C17H19NO4S. The molecule has 0 fully saturated rings. The molecule has 0 amide bonds. The molecule has 0 aliphatic rings. The Hall–Kier alpha value is -2.21. The van der Waals surface area contributed by atoms with Gasteiger partial charge in [-0.15, -0.1) is 11.3 Å². The smallest absolute Gasteiger partial charge is 0.349 e. The summed E-state index contributed by atoms with van der Waals surface area (Å²) in [4.78, 5) is 27.8. The van der Waals surface area contributed by atoms with E-state index >= 15 is 0 Å². The highest BCUT2D eigenvalue weighted by Crippen LogP contribution is 2.31. The van der Waals surface area contributed by atoms with Gasteiger partial charge in [0.2, 0.25) is 0 Å². The molecule has 0 radical (unpaired) electrons. The monoisotopic (exact) mass is 333 g/mol. The number of benzene rings is 1. The van der Waals surface area contributed by atoms with Crippen LogP contribution in [-0.2, 0) is 4.74 Å². The highest BCUT2D eigenvalue weighted by molar-refractivity contribution is 7.17. The minimum atomic E-state index is -0.404. The fourth-order valence-electron chi connectivity index (χ4n) is 1.96. The van der Waals surface area contributed by atoms with Crippen molar-refractivity contribution in [1.29, 1.82) is 0 Å². The van der Waals surface area contributed by atoms with Gasteiger partial charge in [0.1, 0.15) is 15.6 Å². The van der Waals surface area contributed by atoms with Crippen molar-refractivity contribution in [2.45, 2.75) is 20.8 Å². The average Bonchev–Trinajstić information content (AvgIpc) is 2.93. The van der Waals surface area contributed by atoms with Gasteiger partial charge in [0, 0.05) is 5.56 Å². The number of aryl methyl sites for hydroxylation is 1. The summed E-state index contributed by atoms with van der Waals surface area (Å²) in [7, 11) is 1.34. The molecule has 0 atom stereocenters. The van der Waals surface area contributed by atoms with E-state index in [0.717, 1.165) is 11.8 Å². The number of thiazole rings is 1. The number of carbonyl (C=O) groups is 2. The number of methoxy groups -OCH3 is 1. The molecule has 0 spiro atoms. The summed E-state index contributed by atoms with van der Waals surface area (Å²) >= 11 is 1.25. The molecule has 0 saturated carbocycles. The fraction of sp³-hybridized carbons (Fsp3) is 0.353. The van der Waals surface area contributed by atoms with E-state index in [9.17, 15) is 9.59 Å². The van der Waals surface area contributed by atoms with Crippen LogP contribution >= 0.6 is 11.3 Å². The Morgan fingerprint density at radius 2 is 2.13 bits per heavy atom. The third-order valence-corrected chi connectivity index (χ3v) is 4.31. The second-order valence-electron chi connectivity index (χ2n) is 5.50. The predicted molar refractivity (Wildman–Crippen MR) is 89.3 cm³/mol. The van der Waals surface area contributed by atoms with Crippen molar-refractivity contribution in [2.24, 2.45) is 5.92 Å². The number of aldehydes is 1. The quantitative estimate of drug-likeness (QED) is 0.595. The first kappa shape index (κ1) is 17.1. The number of rotatable bonds is 6. The van der Waals surface area contributed by atoms with E-state index in [1.54, 1.807) is 19.1 Å². The molecule has 5 nitrogen and oxygen atoms in total. The maximum Gasteiger partial charge on any atom is 0.349 e. The Balaban J connectivity index is 2.34. The van der Waals surface area contributed by atoms with Crippen LogP contribution in [0.4, 0.5) is 0 Å². The van der Waals surface area contributed by atoms with Crippen molar-refractivity contribution in [3.63, 3.8) is 0 Å². The number of nitrogens with zero attached hydrogens (tertiary/aromatic N) is 1. The zero-order valence-corrected chi connectivity index (χ0v) is 14.4. The molecule has 1 heterocycles. The first-order valence-corrected chi connectivity index (χ1v) is 8.06. The molecule has 2 aromatic rings. The Bertz CT molecular complexity index is 721. The Morgan fingerprint density at radius 3 is 2.74 bits per heavy atom. The molecule has 2 rings (SSSR count). The van der Waals surface area contributed by atoms with Crippen molar-refractivity contribution in [1.82, 2.24) is 4.98 Å². The zero-order chi connectivity index (χ0) is 17.0. The van der Waals surface area contributed by atoms with Crippen LogP contribution < -0.4 is 4.74 Å². The second kappa shape index (κ2) is 7.37. The van der Waals surface area contributed by atoms with Crippen LogP contribution in [0.15, 0.2) is 18.2 Å². The largest absolute Gasteiger partial charge is 0.493 e. The van der Waals surface area contributed by atoms with Gasteiger partial charge in [-0.2, -0.15) is 0 Å². The molecular weight excluding hydrogens is 314 g/mol. The molecule has 0 aliphatic heterocycles. The molecule has 0 unspecified atom stereocenters. The van der Waals surface area contributed by atoms with Crippen molar-refractivity contribution < 1.29 is 19.1 Å². The highest BCUT2D eigenvalue weighted by Gasteiger charge is 2.17. The lowest BCUT2D eigenvalue weighted by molar-refractivity contribution is 0.0605. The molecule has 6 heteroatoms. The lowest BCUT2D eigenvalue weighted by Crippen LogP contribution is -2.06. The molecule has 1 aromatic heterocycles. The summed E-state index contributed by atoms with van der Waals surface area (Å²) in [5.74, 6) is 0.524. The molecule has 0 N–H and O–H groups in total. The van der Waals surface area contributed by atoms with Crippen LogP contribution in [0.1, 0.15) is 39.6 Å². The van der Waals surface area contributed by atoms with Gasteiger partial charge in [0.15, 0.2) is 6.29 Å². The van der Waals surface area contributed by atoms with E-state index in [4.69, 9.17) is 9.47 Å². The van der Waals surface area contributed by atoms with Crippen molar-refractivity contribution in [2.75, 3.05) is 13.7 Å². The van der Waals surface area contributed by atoms with Gasteiger partial charge in [0.25, 0.3) is 0 Å². The minimum absolute atomic E-state index is 0.374. The Morgan fingerprint density at radius 1 is 1.39 bits per heavy atom. The lowest BCUT2D eigenvalue weighted by atomic mass is 10.1. The SMILES string of the molecule is COC(=O)c1sc(-c2ccc(OCC(C)C)c(C=O)c2)nc1C. The van der Waals surface area contributed by atoms with Gasteiger partial charge >= 0.3 is 5.97 Å². The first-order chi connectivity index (χ1) is 11.0. The van der Waals surface area contributed by atoms with E-state index in [-0.39, 0.29) is 0 Å². The Kier molecular flexibility index (Phi) is 5.50. The maximum absolute atomic E-state index is 11.7. The zero-order valence-electron chi connectivity index (χ0n) is 13.6. The average molecular weight is 333 g/mol. The van der Waals surface area contributed by atoms with Crippen LogP contribution in [0.5, 0.6) is 5.75 Å². The highest BCUT2D eigenvalue weighted by atomic mass is 32.1. The molecule has 23 heavy (non-hydrogen) atoms. The number of esters is 1. The normalized spacial score (nSPS) is 10.7. The van der Waals surface area contributed by atoms with E-state index in [1.807, 2.05) is 19.9 Å². The fourth-order valence-corrected chi connectivity index (χ4v) is 2.94. The summed E-state index contributed by atoms with van der Waals surface area (Å²) in [5.41, 5.74) is 1.85. The maximum atomic E-state index is 11.7. The first-order valence-electron chi connectivity index (χ1n) is 7.24. The number of carbonyl (C=O) groups excluding carboxylic acids is 2. The van der Waals surface area contributed by atoms with Crippen LogP contribution in [-0.4, -0.2) is 31.0 Å². The van der Waals surface area contributed by atoms with Crippen molar-refractivity contribution in [3.05, 3.63) is 34.3 Å². The third kappa shape index (κ3) is 3.96. The Labute approximate surface area is 139 Å². The number of hydrogen-bond donors (Lipinski definition) is 0. The standard InChI is InChI=1S/C17H19NO4S/c1-10(2)9-22-14-6-5-12(7-13(14)8-19)16-18-11(3)15(23-16)17(20)21-4/h5-8,10H,9H2,1-4H3. The van der Waals surface area contributed by atoms with Crippen LogP contribution in [0, 0.1) is 12.8 Å². The minimum Gasteiger partial charge on any atom is -0.493 e.